The average Bonchev–Trinajstić information content (AvgIpc) is 2.48. The molecule has 1 aliphatic heterocycles. The lowest BCUT2D eigenvalue weighted by Gasteiger charge is -2.08. The summed E-state index contributed by atoms with van der Waals surface area (Å²) in [5, 5.41) is 0. The summed E-state index contributed by atoms with van der Waals surface area (Å²) in [5.74, 6) is -0.371. The largest absolute Gasteiger partial charge is 0.285 e. The number of imide groups is 1. The highest BCUT2D eigenvalue weighted by Crippen LogP contribution is 2.21. The minimum Gasteiger partial charge on any atom is -0.285 e. The maximum absolute atomic E-state index is 11.6. The van der Waals surface area contributed by atoms with Crippen LogP contribution in [0, 0.1) is 5.92 Å². The molecule has 15 heavy (non-hydrogen) atoms. The van der Waals surface area contributed by atoms with Crippen molar-refractivity contribution in [1.29, 1.82) is 0 Å². The Morgan fingerprint density at radius 3 is 2.87 bits per heavy atom. The maximum Gasteiger partial charge on any atom is 0.232 e. The molecule has 0 N–H and O–H groups in total. The standard InChI is InChI=1S/C11H12N2O2/c1-13-10(14)6-9(11(13)15)5-8-3-2-4-12-7-8/h2-4,7,9H,5-6H2,1H3. The number of pyridine rings is 1. The number of hydrogen-bond acceptors (Lipinski definition) is 3. The molecule has 1 fully saturated rings. The first-order valence-electron chi connectivity index (χ1n) is 4.88. The molecule has 0 spiro atoms. The van der Waals surface area contributed by atoms with E-state index in [2.05, 4.69) is 4.98 Å². The number of amides is 2. The van der Waals surface area contributed by atoms with Gasteiger partial charge in [0.25, 0.3) is 0 Å². The van der Waals surface area contributed by atoms with Gasteiger partial charge in [0, 0.05) is 25.9 Å². The molecule has 0 bridgehead atoms. The fourth-order valence-electron chi connectivity index (χ4n) is 1.79. The van der Waals surface area contributed by atoms with Crippen LogP contribution in [0.4, 0.5) is 0 Å². The first-order valence-corrected chi connectivity index (χ1v) is 4.88. The molecule has 0 saturated carbocycles. The Morgan fingerprint density at radius 2 is 2.33 bits per heavy atom. The Balaban J connectivity index is 2.09. The van der Waals surface area contributed by atoms with E-state index in [1.54, 1.807) is 12.4 Å². The van der Waals surface area contributed by atoms with Crippen molar-refractivity contribution in [3.63, 3.8) is 0 Å². The molecule has 0 radical (unpaired) electrons. The van der Waals surface area contributed by atoms with E-state index in [1.165, 1.54) is 11.9 Å². The molecule has 0 aromatic carbocycles. The third kappa shape index (κ3) is 1.88. The van der Waals surface area contributed by atoms with E-state index >= 15 is 0 Å². The number of hydrogen-bond donors (Lipinski definition) is 0. The molecule has 1 atom stereocenters. The van der Waals surface area contributed by atoms with Gasteiger partial charge in [-0.15, -0.1) is 0 Å². The number of rotatable bonds is 2. The van der Waals surface area contributed by atoms with Gasteiger partial charge in [-0.25, -0.2) is 0 Å². The second-order valence-corrected chi connectivity index (χ2v) is 3.76. The van der Waals surface area contributed by atoms with Crippen molar-refractivity contribution >= 4 is 11.8 Å². The molecule has 2 amide bonds. The molecule has 78 valence electrons. The van der Waals surface area contributed by atoms with Crippen LogP contribution in [0.3, 0.4) is 0 Å². The Hall–Kier alpha value is -1.71. The van der Waals surface area contributed by atoms with Gasteiger partial charge in [0.2, 0.25) is 11.8 Å². The quantitative estimate of drug-likeness (QED) is 0.664. The molecule has 1 aromatic heterocycles. The number of likely N-dealkylation sites (tertiary alicyclic amines) is 1. The van der Waals surface area contributed by atoms with Crippen LogP contribution in [-0.4, -0.2) is 28.7 Å². The van der Waals surface area contributed by atoms with Gasteiger partial charge >= 0.3 is 0 Å². The first kappa shape index (κ1) is 9.83. The summed E-state index contributed by atoms with van der Waals surface area (Å²) in [4.78, 5) is 28.1. The van der Waals surface area contributed by atoms with Gasteiger partial charge in [-0.1, -0.05) is 6.07 Å². The maximum atomic E-state index is 11.6. The van der Waals surface area contributed by atoms with Crippen LogP contribution in [0.2, 0.25) is 0 Å². The van der Waals surface area contributed by atoms with Crippen LogP contribution in [0.15, 0.2) is 24.5 Å². The summed E-state index contributed by atoms with van der Waals surface area (Å²) in [5.41, 5.74) is 0.999. The molecule has 4 heteroatoms. The van der Waals surface area contributed by atoms with E-state index in [4.69, 9.17) is 0 Å². The van der Waals surface area contributed by atoms with Crippen molar-refractivity contribution in [3.05, 3.63) is 30.1 Å². The van der Waals surface area contributed by atoms with Crippen LogP contribution in [0.5, 0.6) is 0 Å². The minimum absolute atomic E-state index is 0.0798. The van der Waals surface area contributed by atoms with Crippen molar-refractivity contribution in [1.82, 2.24) is 9.88 Å². The van der Waals surface area contributed by atoms with Crippen molar-refractivity contribution in [2.45, 2.75) is 12.8 Å². The number of nitrogens with zero attached hydrogens (tertiary/aromatic N) is 2. The van der Waals surface area contributed by atoms with Crippen molar-refractivity contribution in [2.24, 2.45) is 5.92 Å². The molecule has 2 rings (SSSR count). The number of carbonyl (C=O) groups excluding carboxylic acids is 2. The summed E-state index contributed by atoms with van der Waals surface area (Å²) < 4.78 is 0. The highest BCUT2D eigenvalue weighted by molar-refractivity contribution is 6.03. The zero-order valence-electron chi connectivity index (χ0n) is 8.51. The molecule has 1 aromatic rings. The summed E-state index contributed by atoms with van der Waals surface area (Å²) >= 11 is 0. The summed E-state index contributed by atoms with van der Waals surface area (Å²) in [6.45, 7) is 0. The molecule has 1 saturated heterocycles. The van der Waals surface area contributed by atoms with E-state index in [-0.39, 0.29) is 17.7 Å². The number of aromatic nitrogens is 1. The normalized spacial score (nSPS) is 21.1. The smallest absolute Gasteiger partial charge is 0.232 e. The zero-order chi connectivity index (χ0) is 10.8. The molecule has 0 aliphatic carbocycles. The fraction of sp³-hybridized carbons (Fsp3) is 0.364. The zero-order valence-corrected chi connectivity index (χ0v) is 8.51. The van der Waals surface area contributed by atoms with E-state index in [0.717, 1.165) is 5.56 Å². The summed E-state index contributed by atoms with van der Waals surface area (Å²) in [6, 6.07) is 3.75. The van der Waals surface area contributed by atoms with Crippen LogP contribution >= 0.6 is 0 Å². The van der Waals surface area contributed by atoms with Crippen LogP contribution < -0.4 is 0 Å². The monoisotopic (exact) mass is 204 g/mol. The van der Waals surface area contributed by atoms with Gasteiger partial charge in [0.05, 0.1) is 5.92 Å². The van der Waals surface area contributed by atoms with Gasteiger partial charge in [0.15, 0.2) is 0 Å². The lowest BCUT2D eigenvalue weighted by atomic mass is 9.99. The summed E-state index contributed by atoms with van der Waals surface area (Å²) in [7, 11) is 1.54. The Kier molecular flexibility index (Phi) is 2.49. The number of carbonyl (C=O) groups is 2. The van der Waals surface area contributed by atoms with Crippen LogP contribution in [0.25, 0.3) is 0 Å². The predicted molar refractivity (Wildman–Crippen MR) is 53.8 cm³/mol. The third-order valence-corrected chi connectivity index (χ3v) is 2.68. The Labute approximate surface area is 87.9 Å². The Bertz CT molecular complexity index is 389. The van der Waals surface area contributed by atoms with Crippen LogP contribution in [0.1, 0.15) is 12.0 Å². The first-order chi connectivity index (χ1) is 7.18. The average molecular weight is 204 g/mol. The van der Waals surface area contributed by atoms with Crippen LogP contribution in [-0.2, 0) is 16.0 Å². The SMILES string of the molecule is CN1C(=O)CC(Cc2cccnc2)C1=O. The van der Waals surface area contributed by atoms with Crippen molar-refractivity contribution in [2.75, 3.05) is 7.05 Å². The molecule has 1 aliphatic rings. The highest BCUT2D eigenvalue weighted by Gasteiger charge is 2.35. The van der Waals surface area contributed by atoms with Gasteiger partial charge < -0.3 is 0 Å². The third-order valence-electron chi connectivity index (χ3n) is 2.68. The molecule has 2 heterocycles. The molecular formula is C11H12N2O2. The van der Waals surface area contributed by atoms with Gasteiger partial charge in [-0.3, -0.25) is 19.5 Å². The predicted octanol–water partition coefficient (Wildman–Crippen LogP) is 0.629. The van der Waals surface area contributed by atoms with Gasteiger partial charge in [-0.2, -0.15) is 0 Å². The molecular weight excluding hydrogens is 192 g/mol. The highest BCUT2D eigenvalue weighted by atomic mass is 16.2. The molecule has 4 nitrogen and oxygen atoms in total. The van der Waals surface area contributed by atoms with Crippen molar-refractivity contribution < 1.29 is 9.59 Å². The second kappa shape index (κ2) is 3.81. The van der Waals surface area contributed by atoms with E-state index in [0.29, 0.717) is 12.8 Å². The van der Waals surface area contributed by atoms with Gasteiger partial charge in [0.1, 0.15) is 0 Å². The Morgan fingerprint density at radius 1 is 1.53 bits per heavy atom. The second-order valence-electron chi connectivity index (χ2n) is 3.76. The van der Waals surface area contributed by atoms with E-state index in [9.17, 15) is 9.59 Å². The van der Waals surface area contributed by atoms with Gasteiger partial charge in [-0.05, 0) is 18.1 Å². The molecule has 1 unspecified atom stereocenters. The summed E-state index contributed by atoms with van der Waals surface area (Å²) in [6.07, 6.45) is 4.35. The topological polar surface area (TPSA) is 50.3 Å². The lowest BCUT2D eigenvalue weighted by molar-refractivity contribution is -0.137. The minimum atomic E-state index is -0.202. The van der Waals surface area contributed by atoms with E-state index < -0.39 is 0 Å². The van der Waals surface area contributed by atoms with Crippen molar-refractivity contribution in [3.8, 4) is 0 Å². The fourth-order valence-corrected chi connectivity index (χ4v) is 1.79. The lowest BCUT2D eigenvalue weighted by Crippen LogP contribution is -2.26. The van der Waals surface area contributed by atoms with E-state index in [1.807, 2.05) is 12.1 Å².